The van der Waals surface area contributed by atoms with E-state index < -0.39 is 0 Å². The second kappa shape index (κ2) is 8.51. The van der Waals surface area contributed by atoms with Gasteiger partial charge in [0.2, 0.25) is 0 Å². The Kier molecular flexibility index (Phi) is 5.00. The van der Waals surface area contributed by atoms with Crippen molar-refractivity contribution in [2.24, 2.45) is 0 Å². The van der Waals surface area contributed by atoms with Crippen LogP contribution in [0.25, 0.3) is 33.6 Å². The van der Waals surface area contributed by atoms with Crippen molar-refractivity contribution >= 4 is 55.2 Å². The lowest BCUT2D eigenvalue weighted by Crippen LogP contribution is -2.31. The molecule has 1 unspecified atom stereocenters. The van der Waals surface area contributed by atoms with Crippen LogP contribution in [0.1, 0.15) is 28.4 Å². The lowest BCUT2D eigenvalue weighted by Gasteiger charge is -2.39. The lowest BCUT2D eigenvalue weighted by molar-refractivity contribution is 0.817. The summed E-state index contributed by atoms with van der Waals surface area (Å²) in [4.78, 5) is 11.1. The van der Waals surface area contributed by atoms with Crippen molar-refractivity contribution in [1.82, 2.24) is 9.97 Å². The molecule has 3 heterocycles. The third kappa shape index (κ3) is 3.45. The summed E-state index contributed by atoms with van der Waals surface area (Å²) in [5.41, 5.74) is 8.99. The van der Waals surface area contributed by atoms with Gasteiger partial charge in [-0.3, -0.25) is 0 Å². The van der Waals surface area contributed by atoms with Gasteiger partial charge in [-0.15, -0.1) is 0 Å². The molecule has 3 nitrogen and oxygen atoms in total. The normalized spacial score (nSPS) is 15.2. The summed E-state index contributed by atoms with van der Waals surface area (Å²) in [5.74, 6) is 0. The van der Waals surface area contributed by atoms with Gasteiger partial charge in [0.25, 0.3) is 0 Å². The molecule has 1 N–H and O–H groups in total. The van der Waals surface area contributed by atoms with E-state index in [1.165, 1.54) is 16.5 Å². The van der Waals surface area contributed by atoms with Crippen molar-refractivity contribution in [2.75, 3.05) is 4.90 Å². The molecular formula is C32H22BrN3. The number of anilines is 1. The molecule has 172 valence electrons. The number of nitrogens with zero attached hydrogens (tertiary/aromatic N) is 2. The molecule has 0 spiro atoms. The number of H-pyrrole nitrogens is 1. The van der Waals surface area contributed by atoms with E-state index in [1.54, 1.807) is 0 Å². The third-order valence-electron chi connectivity index (χ3n) is 6.96. The molecule has 4 heteroatoms. The first kappa shape index (κ1) is 21.2. The van der Waals surface area contributed by atoms with Crippen molar-refractivity contribution in [3.63, 3.8) is 0 Å². The summed E-state index contributed by atoms with van der Waals surface area (Å²) < 4.78 is 1.06. The highest BCUT2D eigenvalue weighted by Crippen LogP contribution is 2.46. The maximum absolute atomic E-state index is 5.15. The number of fused-ring (bicyclic) bond motifs is 3. The summed E-state index contributed by atoms with van der Waals surface area (Å²) in [6.07, 6.45) is 4.40. The first-order chi connectivity index (χ1) is 17.8. The summed E-state index contributed by atoms with van der Waals surface area (Å²) in [6, 6.07) is 38.4. The van der Waals surface area contributed by atoms with E-state index in [-0.39, 0.29) is 6.04 Å². The van der Waals surface area contributed by atoms with Gasteiger partial charge < -0.3 is 9.88 Å². The molecule has 36 heavy (non-hydrogen) atoms. The number of halogens is 1. The van der Waals surface area contributed by atoms with Crippen molar-refractivity contribution in [3.05, 3.63) is 142 Å². The minimum Gasteiger partial charge on any atom is -0.361 e. The van der Waals surface area contributed by atoms with Gasteiger partial charge >= 0.3 is 0 Å². The van der Waals surface area contributed by atoms with Gasteiger partial charge in [-0.2, -0.15) is 0 Å². The van der Waals surface area contributed by atoms with Crippen LogP contribution >= 0.6 is 15.9 Å². The SMILES string of the molecule is Brc1ccc(N2C(c3ccccc3)=Cc3nc4ccccc4cc3C2c2c[nH]c3ccccc23)cc1. The number of rotatable bonds is 3. The van der Waals surface area contributed by atoms with Crippen LogP contribution in [0.4, 0.5) is 5.69 Å². The Balaban J connectivity index is 1.57. The van der Waals surface area contributed by atoms with Gasteiger partial charge in [0, 0.05) is 43.8 Å². The molecule has 0 bridgehead atoms. The van der Waals surface area contributed by atoms with E-state index in [0.29, 0.717) is 0 Å². The van der Waals surface area contributed by atoms with E-state index in [0.717, 1.165) is 43.5 Å². The largest absolute Gasteiger partial charge is 0.361 e. The van der Waals surface area contributed by atoms with Crippen LogP contribution in [0.3, 0.4) is 0 Å². The molecule has 7 rings (SSSR count). The number of pyridine rings is 1. The maximum atomic E-state index is 5.15. The molecule has 6 aromatic rings. The number of aromatic nitrogens is 2. The zero-order chi connectivity index (χ0) is 24.1. The van der Waals surface area contributed by atoms with Crippen LogP contribution in [0.15, 0.2) is 120 Å². The van der Waals surface area contributed by atoms with E-state index in [2.05, 4.69) is 147 Å². The summed E-state index contributed by atoms with van der Waals surface area (Å²) in [5, 5.41) is 2.37. The monoisotopic (exact) mass is 527 g/mol. The highest BCUT2D eigenvalue weighted by atomic mass is 79.9. The van der Waals surface area contributed by atoms with Crippen molar-refractivity contribution in [1.29, 1.82) is 0 Å². The van der Waals surface area contributed by atoms with Crippen LogP contribution in [0.5, 0.6) is 0 Å². The Morgan fingerprint density at radius 1 is 0.750 bits per heavy atom. The van der Waals surface area contributed by atoms with E-state index in [4.69, 9.17) is 4.98 Å². The fourth-order valence-corrected chi connectivity index (χ4v) is 5.57. The number of aromatic amines is 1. The number of hydrogen-bond acceptors (Lipinski definition) is 2. The number of nitrogens with one attached hydrogen (secondary N) is 1. The number of benzene rings is 4. The van der Waals surface area contributed by atoms with Crippen LogP contribution in [0, 0.1) is 0 Å². The Bertz CT molecular complexity index is 1750. The standard InChI is InChI=1S/C32H22BrN3/c33-23-14-16-24(17-15-23)36-31(21-8-2-1-3-9-21)19-30-26(18-22-10-4-6-12-28(22)35-30)32(36)27-20-34-29-13-7-5-11-25(27)29/h1-20,32,34H. The minimum absolute atomic E-state index is 0.0605. The van der Waals surface area contributed by atoms with Gasteiger partial charge in [-0.1, -0.05) is 82.7 Å². The molecule has 0 fully saturated rings. The molecule has 4 aromatic carbocycles. The summed E-state index contributed by atoms with van der Waals surface area (Å²) in [7, 11) is 0. The molecular weight excluding hydrogens is 506 g/mol. The van der Waals surface area contributed by atoms with Gasteiger partial charge in [0.1, 0.15) is 0 Å². The first-order valence-electron chi connectivity index (χ1n) is 12.0. The maximum Gasteiger partial charge on any atom is 0.0886 e. The van der Waals surface area contributed by atoms with Crippen molar-refractivity contribution in [3.8, 4) is 0 Å². The molecule has 1 atom stereocenters. The molecule has 0 aliphatic carbocycles. The summed E-state index contributed by atoms with van der Waals surface area (Å²) >= 11 is 3.62. The second-order valence-electron chi connectivity index (χ2n) is 9.09. The fourth-order valence-electron chi connectivity index (χ4n) is 5.31. The van der Waals surface area contributed by atoms with E-state index in [9.17, 15) is 0 Å². The fraction of sp³-hybridized carbons (Fsp3) is 0.0312. The Morgan fingerprint density at radius 3 is 2.36 bits per heavy atom. The van der Waals surface area contributed by atoms with Crippen molar-refractivity contribution in [2.45, 2.75) is 6.04 Å². The van der Waals surface area contributed by atoms with Crippen LogP contribution in [0.2, 0.25) is 0 Å². The average Bonchev–Trinajstić information content (AvgIpc) is 3.36. The van der Waals surface area contributed by atoms with Gasteiger partial charge in [-0.25, -0.2) is 4.98 Å². The lowest BCUT2D eigenvalue weighted by atomic mass is 9.88. The van der Waals surface area contributed by atoms with Crippen LogP contribution < -0.4 is 4.90 Å². The molecule has 2 aromatic heterocycles. The second-order valence-corrected chi connectivity index (χ2v) is 10.0. The first-order valence-corrected chi connectivity index (χ1v) is 12.8. The summed E-state index contributed by atoms with van der Waals surface area (Å²) in [6.45, 7) is 0. The Morgan fingerprint density at radius 2 is 1.50 bits per heavy atom. The molecule has 1 aliphatic heterocycles. The van der Waals surface area contributed by atoms with Gasteiger partial charge in [-0.05, 0) is 54.1 Å². The topological polar surface area (TPSA) is 31.9 Å². The van der Waals surface area contributed by atoms with Crippen molar-refractivity contribution < 1.29 is 0 Å². The average molecular weight is 528 g/mol. The highest BCUT2D eigenvalue weighted by molar-refractivity contribution is 9.10. The van der Waals surface area contributed by atoms with E-state index >= 15 is 0 Å². The van der Waals surface area contributed by atoms with E-state index in [1.807, 2.05) is 0 Å². The predicted molar refractivity (Wildman–Crippen MR) is 153 cm³/mol. The third-order valence-corrected chi connectivity index (χ3v) is 7.49. The minimum atomic E-state index is -0.0605. The molecule has 0 radical (unpaired) electrons. The molecule has 0 amide bonds. The van der Waals surface area contributed by atoms with Gasteiger partial charge in [0.05, 0.1) is 22.9 Å². The molecule has 1 aliphatic rings. The molecule has 0 saturated carbocycles. The Hall–Kier alpha value is -4.15. The predicted octanol–water partition coefficient (Wildman–Crippen LogP) is 8.59. The van der Waals surface area contributed by atoms with Gasteiger partial charge in [0.15, 0.2) is 0 Å². The quantitative estimate of drug-likeness (QED) is 0.250. The number of hydrogen-bond donors (Lipinski definition) is 1. The highest BCUT2D eigenvalue weighted by Gasteiger charge is 2.34. The zero-order valence-corrected chi connectivity index (χ0v) is 21.0. The Labute approximate surface area is 217 Å². The smallest absolute Gasteiger partial charge is 0.0886 e. The molecule has 0 saturated heterocycles. The number of para-hydroxylation sites is 2. The zero-order valence-electron chi connectivity index (χ0n) is 19.4. The van der Waals surface area contributed by atoms with Crippen LogP contribution in [-0.4, -0.2) is 9.97 Å². The van der Waals surface area contributed by atoms with Crippen LogP contribution in [-0.2, 0) is 0 Å².